The Balaban J connectivity index is 1.42. The van der Waals surface area contributed by atoms with Crippen LogP contribution in [0, 0.1) is 11.3 Å². The summed E-state index contributed by atoms with van der Waals surface area (Å²) < 4.78 is 11.5. The normalized spacial score (nSPS) is 20.9. The second kappa shape index (κ2) is 9.25. The average molecular weight is 459 g/mol. The highest BCUT2D eigenvalue weighted by Gasteiger charge is 2.36. The number of pyridine rings is 1. The maximum Gasteiger partial charge on any atom is 0.237 e. The van der Waals surface area contributed by atoms with Crippen molar-refractivity contribution in [3.05, 3.63) is 53.9 Å². The molecular weight excluding hydrogens is 432 g/mol. The zero-order valence-electron chi connectivity index (χ0n) is 18.9. The van der Waals surface area contributed by atoms with Crippen LogP contribution >= 0.6 is 0 Å². The van der Waals surface area contributed by atoms with Gasteiger partial charge in [-0.15, -0.1) is 0 Å². The van der Waals surface area contributed by atoms with Crippen LogP contribution in [-0.4, -0.2) is 52.5 Å². The Hall–Kier alpha value is -3.74. The summed E-state index contributed by atoms with van der Waals surface area (Å²) in [5.41, 5.74) is 3.85. The van der Waals surface area contributed by atoms with E-state index in [1.807, 2.05) is 25.1 Å². The molecule has 3 aromatic rings. The molecule has 3 N–H and O–H groups in total. The van der Waals surface area contributed by atoms with Crippen LogP contribution in [0.1, 0.15) is 30.9 Å². The molecule has 1 fully saturated rings. The lowest BCUT2D eigenvalue weighted by molar-refractivity contribution is 0.0666. The molecular formula is C25H26N6O3. The number of nitrogens with one attached hydrogen (secondary N) is 2. The number of ether oxygens (including phenoxy) is 2. The molecule has 0 bridgehead atoms. The summed E-state index contributed by atoms with van der Waals surface area (Å²) in [6.07, 6.45) is 5.45. The minimum Gasteiger partial charge on any atom is -0.473 e. The first-order valence-corrected chi connectivity index (χ1v) is 11.3. The van der Waals surface area contributed by atoms with Crippen molar-refractivity contribution in [2.24, 2.45) is 0 Å². The van der Waals surface area contributed by atoms with E-state index in [1.54, 1.807) is 24.5 Å². The number of benzene rings is 1. The Kier molecular flexibility index (Phi) is 6.01. The van der Waals surface area contributed by atoms with Crippen LogP contribution in [0.4, 0.5) is 17.3 Å². The van der Waals surface area contributed by atoms with Gasteiger partial charge in [-0.2, -0.15) is 5.26 Å². The van der Waals surface area contributed by atoms with Gasteiger partial charge in [0.15, 0.2) is 0 Å². The first-order valence-electron chi connectivity index (χ1n) is 11.3. The largest absolute Gasteiger partial charge is 0.473 e. The first-order chi connectivity index (χ1) is 16.6. The molecule has 5 rings (SSSR count). The molecule has 9 heteroatoms. The van der Waals surface area contributed by atoms with E-state index in [9.17, 15) is 10.4 Å². The predicted octanol–water partition coefficient (Wildman–Crippen LogP) is 3.39. The van der Waals surface area contributed by atoms with Gasteiger partial charge < -0.3 is 25.2 Å². The van der Waals surface area contributed by atoms with Crippen molar-refractivity contribution in [1.82, 2.24) is 15.0 Å². The third-order valence-electron chi connectivity index (χ3n) is 6.31. The van der Waals surface area contributed by atoms with E-state index in [0.717, 1.165) is 36.3 Å². The average Bonchev–Trinajstić information content (AvgIpc) is 3.52. The summed E-state index contributed by atoms with van der Waals surface area (Å²) in [7, 11) is 0. The highest BCUT2D eigenvalue weighted by atomic mass is 16.5. The van der Waals surface area contributed by atoms with Crippen molar-refractivity contribution in [2.75, 3.05) is 37.0 Å². The number of hydrogen-bond donors (Lipinski definition) is 3. The zero-order valence-corrected chi connectivity index (χ0v) is 18.9. The van der Waals surface area contributed by atoms with Gasteiger partial charge >= 0.3 is 0 Å². The SMILES string of the molecule is C[C@]1(CO)CNc2c(C#N)cc(-c3ccnc(Nc4cccnc4OC[C@@H]4CCCO4)n3)cc21. The van der Waals surface area contributed by atoms with Crippen LogP contribution in [0.2, 0.25) is 0 Å². The monoisotopic (exact) mass is 458 g/mol. The van der Waals surface area contributed by atoms with Gasteiger partial charge in [-0.3, -0.25) is 0 Å². The summed E-state index contributed by atoms with van der Waals surface area (Å²) in [6.45, 7) is 3.74. The van der Waals surface area contributed by atoms with E-state index < -0.39 is 5.41 Å². The van der Waals surface area contributed by atoms with Crippen molar-refractivity contribution in [3.8, 4) is 23.2 Å². The third kappa shape index (κ3) is 4.25. The van der Waals surface area contributed by atoms with Crippen LogP contribution < -0.4 is 15.4 Å². The molecule has 0 radical (unpaired) electrons. The topological polar surface area (TPSA) is 125 Å². The Morgan fingerprint density at radius 3 is 3.03 bits per heavy atom. The van der Waals surface area contributed by atoms with Crippen molar-refractivity contribution in [3.63, 3.8) is 0 Å². The molecule has 34 heavy (non-hydrogen) atoms. The van der Waals surface area contributed by atoms with Gasteiger partial charge in [0.1, 0.15) is 18.4 Å². The second-order valence-electron chi connectivity index (χ2n) is 8.82. The molecule has 0 spiro atoms. The molecule has 4 heterocycles. The van der Waals surface area contributed by atoms with E-state index in [1.165, 1.54) is 0 Å². The van der Waals surface area contributed by atoms with Gasteiger partial charge in [0.25, 0.3) is 0 Å². The quantitative estimate of drug-likeness (QED) is 0.488. The molecule has 2 atom stereocenters. The number of fused-ring (bicyclic) bond motifs is 1. The first kappa shape index (κ1) is 22.1. The molecule has 9 nitrogen and oxygen atoms in total. The summed E-state index contributed by atoms with van der Waals surface area (Å²) in [5.74, 6) is 0.843. The zero-order chi connectivity index (χ0) is 23.5. The van der Waals surface area contributed by atoms with Crippen LogP contribution in [0.15, 0.2) is 42.7 Å². The van der Waals surface area contributed by atoms with Crippen LogP contribution in [0.5, 0.6) is 5.88 Å². The molecule has 2 aromatic heterocycles. The molecule has 0 aliphatic carbocycles. The summed E-state index contributed by atoms with van der Waals surface area (Å²) in [6, 6.07) is 11.5. The number of aliphatic hydroxyl groups is 1. The van der Waals surface area contributed by atoms with Crippen molar-refractivity contribution >= 4 is 17.3 Å². The number of nitrogens with zero attached hydrogens (tertiary/aromatic N) is 4. The van der Waals surface area contributed by atoms with E-state index >= 15 is 0 Å². The molecule has 1 saturated heterocycles. The molecule has 0 amide bonds. The summed E-state index contributed by atoms with van der Waals surface area (Å²) in [4.78, 5) is 13.4. The number of aliphatic hydroxyl groups excluding tert-OH is 1. The number of rotatable bonds is 7. The molecule has 0 saturated carbocycles. The van der Waals surface area contributed by atoms with Crippen LogP contribution in [-0.2, 0) is 10.2 Å². The van der Waals surface area contributed by atoms with E-state index in [2.05, 4.69) is 31.7 Å². The van der Waals surface area contributed by atoms with Crippen LogP contribution in [0.25, 0.3) is 11.3 Å². The second-order valence-corrected chi connectivity index (χ2v) is 8.82. The fourth-order valence-corrected chi connectivity index (χ4v) is 4.31. The van der Waals surface area contributed by atoms with E-state index in [-0.39, 0.29) is 12.7 Å². The maximum absolute atomic E-state index is 9.96. The van der Waals surface area contributed by atoms with Crippen molar-refractivity contribution in [1.29, 1.82) is 5.26 Å². The molecule has 174 valence electrons. The lowest BCUT2D eigenvalue weighted by Crippen LogP contribution is -2.28. The fourth-order valence-electron chi connectivity index (χ4n) is 4.31. The van der Waals surface area contributed by atoms with Crippen LogP contribution in [0.3, 0.4) is 0 Å². The molecule has 2 aliphatic rings. The number of nitriles is 1. The Labute approximate surface area is 197 Å². The summed E-state index contributed by atoms with van der Waals surface area (Å²) in [5, 5.41) is 26.1. The Morgan fingerprint density at radius 1 is 1.32 bits per heavy atom. The van der Waals surface area contributed by atoms with Gasteiger partial charge in [-0.25, -0.2) is 15.0 Å². The maximum atomic E-state index is 9.96. The van der Waals surface area contributed by atoms with Gasteiger partial charge in [0.05, 0.1) is 29.7 Å². The highest BCUT2D eigenvalue weighted by Crippen LogP contribution is 2.41. The molecule has 1 aromatic carbocycles. The van der Waals surface area contributed by atoms with Gasteiger partial charge in [-0.05, 0) is 48.7 Å². The van der Waals surface area contributed by atoms with E-state index in [0.29, 0.717) is 41.9 Å². The van der Waals surface area contributed by atoms with Gasteiger partial charge in [-0.1, -0.05) is 6.92 Å². The molecule has 0 unspecified atom stereocenters. The summed E-state index contributed by atoms with van der Waals surface area (Å²) >= 11 is 0. The fraction of sp³-hybridized carbons (Fsp3) is 0.360. The van der Waals surface area contributed by atoms with Gasteiger partial charge in [0.2, 0.25) is 11.8 Å². The third-order valence-corrected chi connectivity index (χ3v) is 6.31. The standard InChI is InChI=1S/C25H26N6O3/c1-25(15-32)14-29-22-17(12-26)10-16(11-19(22)25)20-6-8-28-24(30-20)31-21-5-2-7-27-23(21)34-13-18-4-3-9-33-18/h2,5-8,10-11,18,29,32H,3-4,9,13-15H2,1H3,(H,28,30,31)/t18-,25+/m0/s1. The lowest BCUT2D eigenvalue weighted by atomic mass is 9.83. The van der Waals surface area contributed by atoms with E-state index in [4.69, 9.17) is 9.47 Å². The number of hydrogen-bond acceptors (Lipinski definition) is 9. The minimum absolute atomic E-state index is 0.0203. The smallest absolute Gasteiger partial charge is 0.237 e. The van der Waals surface area contributed by atoms with Crippen molar-refractivity contribution < 1.29 is 14.6 Å². The van der Waals surface area contributed by atoms with Crippen molar-refractivity contribution in [2.45, 2.75) is 31.3 Å². The van der Waals surface area contributed by atoms with Gasteiger partial charge in [0, 0.05) is 36.5 Å². The molecule has 2 aliphatic heterocycles. The predicted molar refractivity (Wildman–Crippen MR) is 127 cm³/mol. The minimum atomic E-state index is -0.462. The number of anilines is 3. The number of aromatic nitrogens is 3. The highest BCUT2D eigenvalue weighted by molar-refractivity contribution is 5.76. The lowest BCUT2D eigenvalue weighted by Gasteiger charge is -2.21. The Bertz CT molecular complexity index is 1240. The Morgan fingerprint density at radius 2 is 2.24 bits per heavy atom.